The van der Waals surface area contributed by atoms with Gasteiger partial charge in [-0.3, -0.25) is 10.1 Å². The molecule has 0 spiro atoms. The fraction of sp³-hybridized carbons (Fsp3) is 0.462. The lowest BCUT2D eigenvalue weighted by Crippen LogP contribution is -2.44. The lowest BCUT2D eigenvalue weighted by molar-refractivity contribution is -0.163. The van der Waals surface area contributed by atoms with E-state index in [-0.39, 0.29) is 12.0 Å². The third-order valence-electron chi connectivity index (χ3n) is 2.77. The zero-order valence-electron chi connectivity index (χ0n) is 10.7. The summed E-state index contributed by atoms with van der Waals surface area (Å²) in [7, 11) is 0. The average Bonchev–Trinajstić information content (AvgIpc) is 2.34. The molecule has 0 saturated carbocycles. The number of rotatable bonds is 6. The zero-order valence-corrected chi connectivity index (χ0v) is 12.3. The molecule has 0 amide bonds. The van der Waals surface area contributed by atoms with E-state index in [9.17, 15) is 18.0 Å². The number of hydrogen-bond donors (Lipinski definition) is 2. The maximum Gasteiger partial charge on any atom is 0.407 e. The molecule has 0 fully saturated rings. The fourth-order valence-corrected chi connectivity index (χ4v) is 2.07. The highest BCUT2D eigenvalue weighted by atomic mass is 79.9. The molecule has 1 rings (SSSR count). The predicted molar refractivity (Wildman–Crippen MR) is 72.4 cm³/mol. The van der Waals surface area contributed by atoms with Crippen LogP contribution in [-0.4, -0.2) is 23.3 Å². The molecule has 0 aliphatic rings. The van der Waals surface area contributed by atoms with E-state index in [2.05, 4.69) is 21.2 Å². The van der Waals surface area contributed by atoms with Gasteiger partial charge in [-0.15, -0.1) is 0 Å². The predicted octanol–water partition coefficient (Wildman–Crippen LogP) is 3.90. The Morgan fingerprint density at radius 1 is 1.35 bits per heavy atom. The third kappa shape index (κ3) is 4.79. The molecule has 7 heteroatoms. The van der Waals surface area contributed by atoms with Crippen molar-refractivity contribution in [3.05, 3.63) is 34.3 Å². The van der Waals surface area contributed by atoms with Gasteiger partial charge < -0.3 is 5.11 Å². The van der Waals surface area contributed by atoms with Gasteiger partial charge in [-0.25, -0.2) is 0 Å². The van der Waals surface area contributed by atoms with E-state index in [1.165, 1.54) is 24.3 Å². The number of aliphatic carboxylic acids is 1. The molecule has 0 heterocycles. The molecular formula is C13H15BrF3NO2. The van der Waals surface area contributed by atoms with Crippen LogP contribution >= 0.6 is 15.9 Å². The Labute approximate surface area is 123 Å². The summed E-state index contributed by atoms with van der Waals surface area (Å²) < 4.78 is 40.0. The number of alkyl halides is 3. The van der Waals surface area contributed by atoms with Gasteiger partial charge in [-0.1, -0.05) is 41.4 Å². The van der Waals surface area contributed by atoms with Crippen molar-refractivity contribution in [1.29, 1.82) is 0 Å². The molecule has 0 aliphatic heterocycles. The SMILES string of the molecule is CCCC(NC(c1ccc(Br)cc1)C(F)(F)F)C(=O)O. The topological polar surface area (TPSA) is 49.3 Å². The number of halogens is 4. The lowest BCUT2D eigenvalue weighted by atomic mass is 10.0. The van der Waals surface area contributed by atoms with Crippen LogP contribution in [0.25, 0.3) is 0 Å². The molecule has 0 radical (unpaired) electrons. The van der Waals surface area contributed by atoms with Crippen LogP contribution in [0, 0.1) is 0 Å². The van der Waals surface area contributed by atoms with Crippen molar-refractivity contribution in [1.82, 2.24) is 5.32 Å². The summed E-state index contributed by atoms with van der Waals surface area (Å²) >= 11 is 3.15. The van der Waals surface area contributed by atoms with Crippen molar-refractivity contribution in [2.45, 2.75) is 38.0 Å². The van der Waals surface area contributed by atoms with Crippen LogP contribution < -0.4 is 5.32 Å². The van der Waals surface area contributed by atoms with Crippen LogP contribution in [0.2, 0.25) is 0 Å². The Hall–Kier alpha value is -1.08. The van der Waals surface area contributed by atoms with Crippen LogP contribution in [0.1, 0.15) is 31.4 Å². The normalized spacial score (nSPS) is 14.8. The second kappa shape index (κ2) is 7.08. The van der Waals surface area contributed by atoms with E-state index in [4.69, 9.17) is 5.11 Å². The Morgan fingerprint density at radius 3 is 2.30 bits per heavy atom. The maximum atomic E-state index is 13.1. The van der Waals surface area contributed by atoms with E-state index < -0.39 is 24.2 Å². The first kappa shape index (κ1) is 17.0. The molecule has 3 nitrogen and oxygen atoms in total. The second-order valence-corrected chi connectivity index (χ2v) is 5.29. The van der Waals surface area contributed by atoms with Crippen LogP contribution in [0.5, 0.6) is 0 Å². The minimum absolute atomic E-state index is 0.0111. The maximum absolute atomic E-state index is 13.1. The van der Waals surface area contributed by atoms with Crippen molar-refractivity contribution in [3.8, 4) is 0 Å². The Morgan fingerprint density at radius 2 is 1.90 bits per heavy atom. The van der Waals surface area contributed by atoms with Crippen molar-refractivity contribution >= 4 is 21.9 Å². The standard InChI is InChI=1S/C13H15BrF3NO2/c1-2-3-10(12(19)20)18-11(13(15,16)17)8-4-6-9(14)7-5-8/h4-7,10-11,18H,2-3H2,1H3,(H,19,20). The molecule has 0 saturated heterocycles. The molecular weight excluding hydrogens is 339 g/mol. The van der Waals surface area contributed by atoms with Gasteiger partial charge in [0.2, 0.25) is 0 Å². The van der Waals surface area contributed by atoms with Crippen molar-refractivity contribution < 1.29 is 23.1 Å². The molecule has 0 aliphatic carbocycles. The van der Waals surface area contributed by atoms with E-state index in [0.717, 1.165) is 0 Å². The van der Waals surface area contributed by atoms with Crippen LogP contribution in [0.4, 0.5) is 13.2 Å². The quantitative estimate of drug-likeness (QED) is 0.815. The lowest BCUT2D eigenvalue weighted by Gasteiger charge is -2.25. The molecule has 2 atom stereocenters. The van der Waals surface area contributed by atoms with Crippen molar-refractivity contribution in [2.24, 2.45) is 0 Å². The van der Waals surface area contributed by atoms with Gasteiger partial charge in [0.15, 0.2) is 0 Å². The number of carbonyl (C=O) groups is 1. The fourth-order valence-electron chi connectivity index (χ4n) is 1.80. The monoisotopic (exact) mass is 353 g/mol. The van der Waals surface area contributed by atoms with Gasteiger partial charge in [0.05, 0.1) is 0 Å². The minimum Gasteiger partial charge on any atom is -0.480 e. The summed E-state index contributed by atoms with van der Waals surface area (Å²) in [5.74, 6) is -1.28. The third-order valence-corrected chi connectivity index (χ3v) is 3.30. The molecule has 2 unspecified atom stereocenters. The highest BCUT2D eigenvalue weighted by molar-refractivity contribution is 9.10. The zero-order chi connectivity index (χ0) is 15.3. The summed E-state index contributed by atoms with van der Waals surface area (Å²) in [4.78, 5) is 11.0. The summed E-state index contributed by atoms with van der Waals surface area (Å²) in [6, 6.07) is 2.40. The Balaban J connectivity index is 3.01. The van der Waals surface area contributed by atoms with Crippen LogP contribution in [-0.2, 0) is 4.79 Å². The van der Waals surface area contributed by atoms with Crippen molar-refractivity contribution in [2.75, 3.05) is 0 Å². The highest BCUT2D eigenvalue weighted by Crippen LogP contribution is 2.33. The summed E-state index contributed by atoms with van der Waals surface area (Å²) in [6.45, 7) is 1.72. The molecule has 112 valence electrons. The van der Waals surface area contributed by atoms with Gasteiger partial charge in [0.1, 0.15) is 12.1 Å². The summed E-state index contributed by atoms with van der Waals surface area (Å²) in [5, 5.41) is 11.2. The minimum atomic E-state index is -4.56. The summed E-state index contributed by atoms with van der Waals surface area (Å²) in [5.41, 5.74) is -0.0111. The number of hydrogen-bond acceptors (Lipinski definition) is 2. The summed E-state index contributed by atoms with van der Waals surface area (Å²) in [6.07, 6.45) is -3.94. The van der Waals surface area contributed by atoms with Gasteiger partial charge in [-0.05, 0) is 24.1 Å². The van der Waals surface area contributed by atoms with Gasteiger partial charge >= 0.3 is 12.1 Å². The molecule has 1 aromatic rings. The molecule has 0 bridgehead atoms. The number of carboxylic acid groups (broad SMARTS) is 1. The van der Waals surface area contributed by atoms with Crippen LogP contribution in [0.3, 0.4) is 0 Å². The average molecular weight is 354 g/mol. The highest BCUT2D eigenvalue weighted by Gasteiger charge is 2.42. The molecule has 20 heavy (non-hydrogen) atoms. The Bertz CT molecular complexity index is 448. The smallest absolute Gasteiger partial charge is 0.407 e. The molecule has 1 aromatic carbocycles. The van der Waals surface area contributed by atoms with Gasteiger partial charge in [0.25, 0.3) is 0 Å². The number of nitrogens with one attached hydrogen (secondary N) is 1. The first-order valence-electron chi connectivity index (χ1n) is 6.06. The van der Waals surface area contributed by atoms with E-state index in [0.29, 0.717) is 10.9 Å². The first-order valence-corrected chi connectivity index (χ1v) is 6.86. The van der Waals surface area contributed by atoms with Crippen molar-refractivity contribution in [3.63, 3.8) is 0 Å². The van der Waals surface area contributed by atoms with Crippen LogP contribution in [0.15, 0.2) is 28.7 Å². The van der Waals surface area contributed by atoms with E-state index in [1.807, 2.05) is 0 Å². The molecule has 2 N–H and O–H groups in total. The number of carboxylic acids is 1. The molecule has 0 aromatic heterocycles. The van der Waals surface area contributed by atoms with E-state index >= 15 is 0 Å². The largest absolute Gasteiger partial charge is 0.480 e. The van der Waals surface area contributed by atoms with E-state index in [1.54, 1.807) is 6.92 Å². The first-order chi connectivity index (χ1) is 9.25. The number of benzene rings is 1. The van der Waals surface area contributed by atoms with Gasteiger partial charge in [-0.2, -0.15) is 13.2 Å². The second-order valence-electron chi connectivity index (χ2n) is 4.37. The van der Waals surface area contributed by atoms with Gasteiger partial charge in [0, 0.05) is 4.47 Å². The Kier molecular flexibility index (Phi) is 6.01.